The van der Waals surface area contributed by atoms with E-state index in [0.717, 1.165) is 38.5 Å². The summed E-state index contributed by atoms with van der Waals surface area (Å²) in [6, 6.07) is 0. The van der Waals surface area contributed by atoms with Gasteiger partial charge in [0.25, 0.3) is 0 Å². The molecular weight excluding hydrogens is 653 g/mol. The molecule has 0 saturated heterocycles. The summed E-state index contributed by atoms with van der Waals surface area (Å²) in [5.41, 5.74) is 0. The average molecular weight is 735 g/mol. The van der Waals surface area contributed by atoms with Gasteiger partial charge in [-0.1, -0.05) is 168 Å². The summed E-state index contributed by atoms with van der Waals surface area (Å²) in [5.74, 6) is -0.787. The molecule has 298 valence electrons. The van der Waals surface area contributed by atoms with Crippen LogP contribution in [0.1, 0.15) is 194 Å². The molecular formula is C40H81NO8P+. The second-order valence-electron chi connectivity index (χ2n) is 15.4. The van der Waals surface area contributed by atoms with Crippen LogP contribution in [0.25, 0.3) is 0 Å². The molecule has 0 aliphatic heterocycles. The molecule has 0 aliphatic rings. The lowest BCUT2D eigenvalue weighted by Gasteiger charge is -2.24. The largest absolute Gasteiger partial charge is 0.472 e. The third-order valence-electron chi connectivity index (χ3n) is 9.14. The molecule has 0 aromatic carbocycles. The molecule has 0 aromatic rings. The average Bonchev–Trinajstić information content (AvgIpc) is 3.06. The van der Waals surface area contributed by atoms with Gasteiger partial charge in [0.1, 0.15) is 19.8 Å². The Balaban J connectivity index is 4.35. The summed E-state index contributed by atoms with van der Waals surface area (Å²) in [6.07, 6.45) is 31.4. The fraction of sp³-hybridized carbons (Fsp3) is 0.950. The van der Waals surface area contributed by atoms with Crippen LogP contribution in [0.2, 0.25) is 0 Å². The first-order valence-electron chi connectivity index (χ1n) is 20.8. The highest BCUT2D eigenvalue weighted by atomic mass is 31.2. The van der Waals surface area contributed by atoms with Crippen LogP contribution < -0.4 is 0 Å². The van der Waals surface area contributed by atoms with E-state index in [-0.39, 0.29) is 25.6 Å². The van der Waals surface area contributed by atoms with Crippen molar-refractivity contribution in [2.75, 3.05) is 47.5 Å². The molecule has 0 amide bonds. The number of esters is 2. The molecule has 2 atom stereocenters. The Bertz CT molecular complexity index is 835. The van der Waals surface area contributed by atoms with E-state index in [0.29, 0.717) is 17.4 Å². The SMILES string of the molecule is CCCCCCCCCCCCCCCCC(=O)OCC(COP(=O)(O)OCC[N+](C)(C)C)OC(=O)CCCCCCCCCCCCCC. The number of carbonyl (C=O) groups excluding carboxylic acids is 2. The molecule has 0 aliphatic carbocycles. The van der Waals surface area contributed by atoms with Gasteiger partial charge in [-0.15, -0.1) is 0 Å². The lowest BCUT2D eigenvalue weighted by molar-refractivity contribution is -0.870. The van der Waals surface area contributed by atoms with Gasteiger partial charge in [-0.25, -0.2) is 4.57 Å². The number of carbonyl (C=O) groups is 2. The second kappa shape index (κ2) is 33.8. The molecule has 50 heavy (non-hydrogen) atoms. The Morgan fingerprint density at radius 3 is 1.28 bits per heavy atom. The molecule has 0 saturated carbocycles. The number of unbranched alkanes of at least 4 members (excludes halogenated alkanes) is 24. The van der Waals surface area contributed by atoms with E-state index in [1.807, 2.05) is 21.1 Å². The van der Waals surface area contributed by atoms with Crippen molar-refractivity contribution in [3.63, 3.8) is 0 Å². The van der Waals surface area contributed by atoms with Gasteiger partial charge in [-0.3, -0.25) is 18.6 Å². The zero-order chi connectivity index (χ0) is 37.2. The fourth-order valence-electron chi connectivity index (χ4n) is 5.84. The van der Waals surface area contributed by atoms with Crippen molar-refractivity contribution in [2.24, 2.45) is 0 Å². The van der Waals surface area contributed by atoms with E-state index in [2.05, 4.69) is 13.8 Å². The summed E-state index contributed by atoms with van der Waals surface area (Å²) < 4.78 is 34.2. The Hall–Kier alpha value is -0.990. The van der Waals surface area contributed by atoms with Crippen molar-refractivity contribution in [3.05, 3.63) is 0 Å². The normalized spacial score (nSPS) is 13.6. The predicted molar refractivity (Wildman–Crippen MR) is 206 cm³/mol. The molecule has 0 bridgehead atoms. The summed E-state index contributed by atoms with van der Waals surface area (Å²) >= 11 is 0. The highest BCUT2D eigenvalue weighted by molar-refractivity contribution is 7.47. The third kappa shape index (κ3) is 36.8. The Morgan fingerprint density at radius 2 is 0.900 bits per heavy atom. The van der Waals surface area contributed by atoms with E-state index >= 15 is 0 Å². The molecule has 10 heteroatoms. The zero-order valence-corrected chi connectivity index (χ0v) is 34.3. The summed E-state index contributed by atoms with van der Waals surface area (Å²) in [7, 11) is 1.49. The number of quaternary nitrogens is 1. The minimum Gasteiger partial charge on any atom is -0.462 e. The van der Waals surface area contributed by atoms with Crippen LogP contribution in [-0.2, 0) is 32.7 Å². The van der Waals surface area contributed by atoms with Crippen LogP contribution in [0.3, 0.4) is 0 Å². The monoisotopic (exact) mass is 735 g/mol. The molecule has 0 aromatic heterocycles. The molecule has 1 N–H and O–H groups in total. The minimum absolute atomic E-state index is 0.0366. The standard InChI is InChI=1S/C40H80NO8P/c1-6-8-10-12-14-16-18-20-21-23-24-26-28-30-32-39(42)46-36-38(37-48-50(44,45)47-35-34-41(3,4)5)49-40(43)33-31-29-27-25-22-19-17-15-13-11-9-7-2/h38H,6-37H2,1-5H3/p+1. The van der Waals surface area contributed by atoms with E-state index < -0.39 is 26.5 Å². The number of rotatable bonds is 38. The summed E-state index contributed by atoms with van der Waals surface area (Å²) in [6.45, 7) is 4.44. The smallest absolute Gasteiger partial charge is 0.462 e. The van der Waals surface area contributed by atoms with Crippen molar-refractivity contribution < 1.29 is 42.1 Å². The van der Waals surface area contributed by atoms with Gasteiger partial charge in [0.2, 0.25) is 0 Å². The maximum absolute atomic E-state index is 12.6. The second-order valence-corrected chi connectivity index (χ2v) is 16.8. The van der Waals surface area contributed by atoms with Gasteiger partial charge in [0, 0.05) is 12.8 Å². The molecule has 0 heterocycles. The van der Waals surface area contributed by atoms with Gasteiger partial charge in [0.05, 0.1) is 27.7 Å². The molecule has 0 spiro atoms. The first kappa shape index (κ1) is 49.0. The molecule has 9 nitrogen and oxygen atoms in total. The summed E-state index contributed by atoms with van der Waals surface area (Å²) in [5, 5.41) is 0. The highest BCUT2D eigenvalue weighted by Crippen LogP contribution is 2.43. The van der Waals surface area contributed by atoms with Crippen LogP contribution in [0.5, 0.6) is 0 Å². The zero-order valence-electron chi connectivity index (χ0n) is 33.4. The van der Waals surface area contributed by atoms with Gasteiger partial charge < -0.3 is 18.9 Å². The molecule has 2 unspecified atom stereocenters. The Morgan fingerprint density at radius 1 is 0.540 bits per heavy atom. The maximum atomic E-state index is 12.6. The van der Waals surface area contributed by atoms with Gasteiger partial charge in [-0.05, 0) is 12.8 Å². The van der Waals surface area contributed by atoms with Gasteiger partial charge >= 0.3 is 19.8 Å². The topological polar surface area (TPSA) is 108 Å². The van der Waals surface area contributed by atoms with Crippen molar-refractivity contribution in [2.45, 2.75) is 200 Å². The molecule has 0 radical (unpaired) electrons. The van der Waals surface area contributed by atoms with Crippen LogP contribution >= 0.6 is 7.82 Å². The van der Waals surface area contributed by atoms with Crippen LogP contribution in [0.4, 0.5) is 0 Å². The number of hydrogen-bond donors (Lipinski definition) is 1. The minimum atomic E-state index is -4.36. The highest BCUT2D eigenvalue weighted by Gasteiger charge is 2.27. The van der Waals surface area contributed by atoms with Gasteiger partial charge in [0.15, 0.2) is 6.10 Å². The number of ether oxygens (including phenoxy) is 2. The maximum Gasteiger partial charge on any atom is 0.472 e. The number of phosphoric acid groups is 1. The first-order chi connectivity index (χ1) is 24.0. The van der Waals surface area contributed by atoms with Crippen molar-refractivity contribution in [1.82, 2.24) is 0 Å². The van der Waals surface area contributed by atoms with Crippen molar-refractivity contribution in [3.8, 4) is 0 Å². The lowest BCUT2D eigenvalue weighted by Crippen LogP contribution is -2.37. The predicted octanol–water partition coefficient (Wildman–Crippen LogP) is 11.2. The number of phosphoric ester groups is 1. The van der Waals surface area contributed by atoms with E-state index in [1.54, 1.807) is 0 Å². The lowest BCUT2D eigenvalue weighted by atomic mass is 10.0. The third-order valence-corrected chi connectivity index (χ3v) is 10.1. The van der Waals surface area contributed by atoms with Crippen LogP contribution in [-0.4, -0.2) is 74.9 Å². The van der Waals surface area contributed by atoms with Gasteiger partial charge in [-0.2, -0.15) is 0 Å². The fourth-order valence-corrected chi connectivity index (χ4v) is 6.58. The Kier molecular flexibility index (Phi) is 33.2. The van der Waals surface area contributed by atoms with E-state index in [4.69, 9.17) is 18.5 Å². The Labute approximate surface area is 308 Å². The van der Waals surface area contributed by atoms with Crippen LogP contribution in [0.15, 0.2) is 0 Å². The summed E-state index contributed by atoms with van der Waals surface area (Å²) in [4.78, 5) is 35.2. The number of likely N-dealkylation sites (N-methyl/N-ethyl adjacent to an activating group) is 1. The quantitative estimate of drug-likeness (QED) is 0.0289. The van der Waals surface area contributed by atoms with E-state index in [9.17, 15) is 19.0 Å². The molecule has 0 rings (SSSR count). The van der Waals surface area contributed by atoms with Crippen molar-refractivity contribution in [1.29, 1.82) is 0 Å². The molecule has 0 fully saturated rings. The first-order valence-corrected chi connectivity index (χ1v) is 22.3. The number of nitrogens with zero attached hydrogens (tertiary/aromatic N) is 1. The van der Waals surface area contributed by atoms with Crippen LogP contribution in [0, 0.1) is 0 Å². The van der Waals surface area contributed by atoms with Crippen molar-refractivity contribution >= 4 is 19.8 Å². The van der Waals surface area contributed by atoms with E-state index in [1.165, 1.54) is 128 Å². The number of hydrogen-bond acceptors (Lipinski definition) is 7.